The van der Waals surface area contributed by atoms with Crippen LogP contribution >= 0.6 is 24.0 Å². The van der Waals surface area contributed by atoms with Crippen LogP contribution in [0.5, 0.6) is 0 Å². The molecule has 2 atom stereocenters. The van der Waals surface area contributed by atoms with Gasteiger partial charge in [-0.05, 0) is 37.0 Å². The molecule has 0 aliphatic carbocycles. The van der Waals surface area contributed by atoms with E-state index in [4.69, 9.17) is 11.6 Å². The van der Waals surface area contributed by atoms with Gasteiger partial charge in [0.05, 0.1) is 6.10 Å². The first kappa shape index (κ1) is 13.8. The lowest BCUT2D eigenvalue weighted by atomic mass is 9.97. The van der Waals surface area contributed by atoms with Crippen LogP contribution in [0.1, 0.15) is 18.4 Å². The number of β-amino-alcohol motifs (C(OH)–C–C–N with tert-alkyl or cyclic N) is 1. The van der Waals surface area contributed by atoms with Crippen molar-refractivity contribution in [1.29, 1.82) is 0 Å². The summed E-state index contributed by atoms with van der Waals surface area (Å²) in [6, 6.07) is 8.47. The van der Waals surface area contributed by atoms with E-state index in [1.165, 1.54) is 5.56 Å². The number of rotatable bonds is 2. The van der Waals surface area contributed by atoms with E-state index >= 15 is 0 Å². The van der Waals surface area contributed by atoms with Crippen molar-refractivity contribution < 1.29 is 5.11 Å². The first-order valence-corrected chi connectivity index (χ1v) is 5.78. The average molecular weight is 262 g/mol. The molecule has 4 heteroatoms. The zero-order valence-electron chi connectivity index (χ0n) is 9.03. The maximum Gasteiger partial charge on any atom is 0.0665 e. The standard InChI is InChI=1S/C12H16ClNO.ClH/c13-10-3-1-9(2-4-10)7-11-5-6-12(15)8-14-11;/h1-4,11-12,14-15H,5-8H2;1H/t11-,12-;/m1./s1. The van der Waals surface area contributed by atoms with Crippen molar-refractivity contribution in [3.05, 3.63) is 34.9 Å². The van der Waals surface area contributed by atoms with Gasteiger partial charge >= 0.3 is 0 Å². The summed E-state index contributed by atoms with van der Waals surface area (Å²) in [5.41, 5.74) is 1.30. The van der Waals surface area contributed by atoms with Gasteiger partial charge in [-0.1, -0.05) is 23.7 Å². The molecule has 0 aromatic heterocycles. The molecule has 90 valence electrons. The van der Waals surface area contributed by atoms with E-state index in [9.17, 15) is 5.11 Å². The van der Waals surface area contributed by atoms with Gasteiger partial charge in [0.1, 0.15) is 0 Å². The van der Waals surface area contributed by atoms with Crippen LogP contribution in [0.3, 0.4) is 0 Å². The summed E-state index contributed by atoms with van der Waals surface area (Å²) >= 11 is 5.82. The molecule has 0 saturated carbocycles. The number of hydrogen-bond donors (Lipinski definition) is 2. The number of aliphatic hydroxyl groups is 1. The average Bonchev–Trinajstić information content (AvgIpc) is 2.25. The molecule has 1 aliphatic heterocycles. The Balaban J connectivity index is 0.00000128. The molecule has 1 saturated heterocycles. The Kier molecular flexibility index (Phi) is 5.56. The van der Waals surface area contributed by atoms with Crippen LogP contribution in [0, 0.1) is 0 Å². The minimum absolute atomic E-state index is 0. The lowest BCUT2D eigenvalue weighted by molar-refractivity contribution is 0.126. The molecular weight excluding hydrogens is 245 g/mol. The van der Waals surface area contributed by atoms with Crippen LogP contribution in [0.15, 0.2) is 24.3 Å². The highest BCUT2D eigenvalue weighted by molar-refractivity contribution is 6.30. The van der Waals surface area contributed by atoms with Crippen molar-refractivity contribution in [2.24, 2.45) is 0 Å². The molecule has 1 fully saturated rings. The molecule has 1 aliphatic rings. The third-order valence-electron chi connectivity index (χ3n) is 2.89. The van der Waals surface area contributed by atoms with E-state index in [0.29, 0.717) is 6.04 Å². The fourth-order valence-electron chi connectivity index (χ4n) is 1.98. The van der Waals surface area contributed by atoms with E-state index in [-0.39, 0.29) is 18.5 Å². The van der Waals surface area contributed by atoms with Crippen molar-refractivity contribution in [1.82, 2.24) is 5.32 Å². The van der Waals surface area contributed by atoms with Crippen LogP contribution < -0.4 is 5.32 Å². The van der Waals surface area contributed by atoms with Gasteiger partial charge in [0, 0.05) is 17.6 Å². The Morgan fingerprint density at radius 3 is 2.50 bits per heavy atom. The highest BCUT2D eigenvalue weighted by atomic mass is 35.5. The molecule has 0 unspecified atom stereocenters. The molecule has 2 nitrogen and oxygen atoms in total. The predicted molar refractivity (Wildman–Crippen MR) is 69.4 cm³/mol. The minimum atomic E-state index is -0.161. The fourth-order valence-corrected chi connectivity index (χ4v) is 2.11. The Morgan fingerprint density at radius 1 is 1.25 bits per heavy atom. The fraction of sp³-hybridized carbons (Fsp3) is 0.500. The van der Waals surface area contributed by atoms with E-state index in [0.717, 1.165) is 30.8 Å². The second-order valence-electron chi connectivity index (χ2n) is 4.17. The summed E-state index contributed by atoms with van der Waals surface area (Å²) < 4.78 is 0. The number of benzene rings is 1. The lowest BCUT2D eigenvalue weighted by Gasteiger charge is -2.27. The molecule has 0 bridgehead atoms. The van der Waals surface area contributed by atoms with Crippen LogP contribution in [0.2, 0.25) is 5.02 Å². The summed E-state index contributed by atoms with van der Waals surface area (Å²) in [5, 5.41) is 13.5. The van der Waals surface area contributed by atoms with Crippen molar-refractivity contribution in [3.8, 4) is 0 Å². The summed E-state index contributed by atoms with van der Waals surface area (Å²) in [5.74, 6) is 0. The number of hydrogen-bond acceptors (Lipinski definition) is 2. The van der Waals surface area contributed by atoms with Crippen LogP contribution in [-0.4, -0.2) is 23.8 Å². The number of nitrogens with one attached hydrogen (secondary N) is 1. The monoisotopic (exact) mass is 261 g/mol. The highest BCUT2D eigenvalue weighted by Gasteiger charge is 2.18. The van der Waals surface area contributed by atoms with E-state index < -0.39 is 0 Å². The third kappa shape index (κ3) is 3.95. The van der Waals surface area contributed by atoms with Crippen LogP contribution in [-0.2, 0) is 6.42 Å². The summed E-state index contributed by atoms with van der Waals surface area (Å²) in [6.45, 7) is 0.720. The Bertz CT molecular complexity index is 307. The smallest absolute Gasteiger partial charge is 0.0665 e. The molecule has 0 spiro atoms. The molecule has 1 aromatic rings. The second kappa shape index (κ2) is 6.45. The van der Waals surface area contributed by atoms with E-state index in [1.807, 2.05) is 12.1 Å². The van der Waals surface area contributed by atoms with Crippen LogP contribution in [0.4, 0.5) is 0 Å². The van der Waals surface area contributed by atoms with Gasteiger partial charge in [0.25, 0.3) is 0 Å². The Hall–Kier alpha value is -0.280. The van der Waals surface area contributed by atoms with Crippen molar-refractivity contribution >= 4 is 24.0 Å². The maximum absolute atomic E-state index is 9.35. The largest absolute Gasteiger partial charge is 0.392 e. The topological polar surface area (TPSA) is 32.3 Å². The predicted octanol–water partition coefficient (Wildman–Crippen LogP) is 2.42. The van der Waals surface area contributed by atoms with Gasteiger partial charge in [-0.2, -0.15) is 0 Å². The molecule has 1 heterocycles. The molecule has 0 radical (unpaired) electrons. The van der Waals surface area contributed by atoms with Gasteiger partial charge in [0.2, 0.25) is 0 Å². The highest BCUT2D eigenvalue weighted by Crippen LogP contribution is 2.15. The first-order chi connectivity index (χ1) is 7.24. The zero-order chi connectivity index (χ0) is 10.7. The minimum Gasteiger partial charge on any atom is -0.392 e. The van der Waals surface area contributed by atoms with Gasteiger partial charge in [-0.15, -0.1) is 12.4 Å². The number of aliphatic hydroxyl groups excluding tert-OH is 1. The maximum atomic E-state index is 9.35. The quantitative estimate of drug-likeness (QED) is 0.857. The Morgan fingerprint density at radius 2 is 1.94 bits per heavy atom. The number of piperidine rings is 1. The van der Waals surface area contributed by atoms with Crippen molar-refractivity contribution in [3.63, 3.8) is 0 Å². The molecule has 1 aromatic carbocycles. The molecule has 16 heavy (non-hydrogen) atoms. The van der Waals surface area contributed by atoms with E-state index in [2.05, 4.69) is 17.4 Å². The Labute approximate surface area is 107 Å². The summed E-state index contributed by atoms with van der Waals surface area (Å²) in [4.78, 5) is 0. The molecule has 2 rings (SSSR count). The van der Waals surface area contributed by atoms with Gasteiger partial charge < -0.3 is 10.4 Å². The number of halogens is 2. The first-order valence-electron chi connectivity index (χ1n) is 5.40. The lowest BCUT2D eigenvalue weighted by Crippen LogP contribution is -2.42. The van der Waals surface area contributed by atoms with Gasteiger partial charge in [0.15, 0.2) is 0 Å². The third-order valence-corrected chi connectivity index (χ3v) is 3.14. The van der Waals surface area contributed by atoms with Crippen LogP contribution in [0.25, 0.3) is 0 Å². The summed E-state index contributed by atoms with van der Waals surface area (Å²) in [6.07, 6.45) is 2.81. The SMILES string of the molecule is Cl.O[C@@H]1CC[C@H](Cc2ccc(Cl)cc2)NC1. The van der Waals surface area contributed by atoms with Crippen molar-refractivity contribution in [2.75, 3.05) is 6.54 Å². The van der Waals surface area contributed by atoms with Gasteiger partial charge in [-0.25, -0.2) is 0 Å². The van der Waals surface area contributed by atoms with E-state index in [1.54, 1.807) is 0 Å². The normalized spacial score (nSPS) is 24.9. The second-order valence-corrected chi connectivity index (χ2v) is 4.60. The molecular formula is C12H17Cl2NO. The zero-order valence-corrected chi connectivity index (χ0v) is 10.6. The van der Waals surface area contributed by atoms with Crippen molar-refractivity contribution in [2.45, 2.75) is 31.4 Å². The molecule has 2 N–H and O–H groups in total. The summed E-state index contributed by atoms with van der Waals surface area (Å²) in [7, 11) is 0. The molecule has 0 amide bonds. The van der Waals surface area contributed by atoms with Gasteiger partial charge in [-0.3, -0.25) is 0 Å².